The number of aromatic amines is 1. The number of hydrogen-bond donors (Lipinski definition) is 2. The van der Waals surface area contributed by atoms with Gasteiger partial charge in [-0.15, -0.1) is 0 Å². The lowest BCUT2D eigenvalue weighted by Gasteiger charge is -2.23. The van der Waals surface area contributed by atoms with Gasteiger partial charge < -0.3 is 19.6 Å². The molecule has 0 radical (unpaired) electrons. The van der Waals surface area contributed by atoms with E-state index in [2.05, 4.69) is 19.9 Å². The first-order valence-corrected chi connectivity index (χ1v) is 9.32. The zero-order chi connectivity index (χ0) is 17.7. The van der Waals surface area contributed by atoms with Gasteiger partial charge in [-0.2, -0.15) is 0 Å². The number of benzene rings is 1. The lowest BCUT2D eigenvalue weighted by atomic mass is 9.95. The van der Waals surface area contributed by atoms with Gasteiger partial charge in [-0.25, -0.2) is 4.98 Å². The van der Waals surface area contributed by atoms with Gasteiger partial charge >= 0.3 is 0 Å². The summed E-state index contributed by atoms with van der Waals surface area (Å²) in [5.74, 6) is 1.55. The van der Waals surface area contributed by atoms with Crippen LogP contribution in [0, 0.1) is 0 Å². The maximum atomic E-state index is 12.7. The Hall–Kier alpha value is -2.60. The maximum Gasteiger partial charge on any atom is 0.259 e. The number of fused-ring (bicyclic) bond motifs is 3. The Kier molecular flexibility index (Phi) is 3.60. The Balaban J connectivity index is 1.60. The summed E-state index contributed by atoms with van der Waals surface area (Å²) in [5, 5.41) is 4.61. The molecule has 2 aliphatic heterocycles. The second kappa shape index (κ2) is 5.99. The first-order valence-electron chi connectivity index (χ1n) is 9.32. The standard InChI is InChI=1S/C20H22N4O2/c1-2-26-14-4-6-16-12(9-14)10-15(20(25)23-16)19-21-7-8-24(19)18-11-13-3-5-17(18)22-13/h4,6-10,13,17-18,22H,2-3,5,11H2,1H3,(H,23,25)/t13-,17+,18+/m1/s1. The number of nitrogens with zero attached hydrogens (tertiary/aromatic N) is 2. The highest BCUT2D eigenvalue weighted by Crippen LogP contribution is 2.38. The number of aromatic nitrogens is 3. The zero-order valence-corrected chi connectivity index (χ0v) is 14.7. The number of nitrogens with one attached hydrogen (secondary N) is 2. The molecular formula is C20H22N4O2. The van der Waals surface area contributed by atoms with Gasteiger partial charge in [0, 0.05) is 35.4 Å². The van der Waals surface area contributed by atoms with Crippen LogP contribution in [0.15, 0.2) is 41.5 Å². The van der Waals surface area contributed by atoms with E-state index in [1.165, 1.54) is 12.8 Å². The molecule has 0 saturated carbocycles. The molecule has 2 aromatic heterocycles. The van der Waals surface area contributed by atoms with Gasteiger partial charge in [-0.3, -0.25) is 4.79 Å². The van der Waals surface area contributed by atoms with Crippen molar-refractivity contribution in [2.45, 2.75) is 44.3 Å². The molecule has 1 aromatic carbocycles. The Morgan fingerprint density at radius 1 is 1.31 bits per heavy atom. The molecule has 0 aliphatic carbocycles. The van der Waals surface area contributed by atoms with Crippen LogP contribution < -0.4 is 15.6 Å². The van der Waals surface area contributed by atoms with Crippen molar-refractivity contribution in [2.24, 2.45) is 0 Å². The van der Waals surface area contributed by atoms with Crippen molar-refractivity contribution in [3.63, 3.8) is 0 Å². The van der Waals surface area contributed by atoms with Crippen LogP contribution in [0.1, 0.15) is 32.2 Å². The third kappa shape index (κ3) is 2.44. The van der Waals surface area contributed by atoms with Crippen LogP contribution in [0.5, 0.6) is 5.75 Å². The number of pyridine rings is 1. The van der Waals surface area contributed by atoms with E-state index in [1.54, 1.807) is 6.20 Å². The maximum absolute atomic E-state index is 12.7. The zero-order valence-electron chi connectivity index (χ0n) is 14.7. The number of H-pyrrole nitrogens is 1. The van der Waals surface area contributed by atoms with Crippen LogP contribution >= 0.6 is 0 Å². The highest BCUT2D eigenvalue weighted by atomic mass is 16.5. The van der Waals surface area contributed by atoms with Crippen LogP contribution in [0.4, 0.5) is 0 Å². The summed E-state index contributed by atoms with van der Waals surface area (Å²) < 4.78 is 7.77. The molecule has 2 bridgehead atoms. The summed E-state index contributed by atoms with van der Waals surface area (Å²) in [6, 6.07) is 9.11. The van der Waals surface area contributed by atoms with Crippen molar-refractivity contribution in [3.8, 4) is 17.1 Å². The molecule has 26 heavy (non-hydrogen) atoms. The van der Waals surface area contributed by atoms with Gasteiger partial charge in [-0.05, 0) is 50.5 Å². The van der Waals surface area contributed by atoms with Crippen LogP contribution in [0.25, 0.3) is 22.3 Å². The molecule has 0 amide bonds. The van der Waals surface area contributed by atoms with E-state index in [0.717, 1.165) is 28.9 Å². The van der Waals surface area contributed by atoms with Crippen LogP contribution in [-0.2, 0) is 0 Å². The molecule has 0 unspecified atom stereocenters. The molecule has 0 spiro atoms. The first kappa shape index (κ1) is 15.6. The smallest absolute Gasteiger partial charge is 0.259 e. The van der Waals surface area contributed by atoms with Crippen molar-refractivity contribution in [3.05, 3.63) is 47.0 Å². The second-order valence-corrected chi connectivity index (χ2v) is 7.20. The van der Waals surface area contributed by atoms with Crippen LogP contribution in [-0.4, -0.2) is 33.2 Å². The normalized spacial score (nSPS) is 24.4. The fourth-order valence-corrected chi connectivity index (χ4v) is 4.50. The number of imidazole rings is 1. The molecule has 3 atom stereocenters. The number of hydrogen-bond acceptors (Lipinski definition) is 4. The highest BCUT2D eigenvalue weighted by Gasteiger charge is 2.40. The minimum Gasteiger partial charge on any atom is -0.494 e. The molecule has 6 nitrogen and oxygen atoms in total. The fourth-order valence-electron chi connectivity index (χ4n) is 4.50. The van der Waals surface area contributed by atoms with Crippen molar-refractivity contribution in [2.75, 3.05) is 6.61 Å². The average molecular weight is 350 g/mol. The van der Waals surface area contributed by atoms with Crippen molar-refractivity contribution in [1.29, 1.82) is 0 Å². The minimum atomic E-state index is -0.106. The lowest BCUT2D eigenvalue weighted by Crippen LogP contribution is -2.26. The summed E-state index contributed by atoms with van der Waals surface area (Å²) >= 11 is 0. The molecule has 5 rings (SSSR count). The third-order valence-corrected chi connectivity index (χ3v) is 5.66. The van der Waals surface area contributed by atoms with E-state index in [1.807, 2.05) is 37.4 Å². The third-order valence-electron chi connectivity index (χ3n) is 5.66. The Morgan fingerprint density at radius 3 is 3.00 bits per heavy atom. The van der Waals surface area contributed by atoms with Gasteiger partial charge in [0.2, 0.25) is 0 Å². The summed E-state index contributed by atoms with van der Waals surface area (Å²) in [6.45, 7) is 2.58. The Morgan fingerprint density at radius 2 is 2.23 bits per heavy atom. The summed E-state index contributed by atoms with van der Waals surface area (Å²) in [4.78, 5) is 20.2. The summed E-state index contributed by atoms with van der Waals surface area (Å²) in [6.07, 6.45) is 7.35. The summed E-state index contributed by atoms with van der Waals surface area (Å²) in [5.41, 5.74) is 1.31. The molecule has 2 aliphatic rings. The quantitative estimate of drug-likeness (QED) is 0.759. The number of ether oxygens (including phenoxy) is 1. The second-order valence-electron chi connectivity index (χ2n) is 7.20. The molecule has 2 N–H and O–H groups in total. The van der Waals surface area contributed by atoms with E-state index in [0.29, 0.717) is 30.3 Å². The van der Waals surface area contributed by atoms with Crippen molar-refractivity contribution < 1.29 is 4.74 Å². The van der Waals surface area contributed by atoms with Crippen LogP contribution in [0.3, 0.4) is 0 Å². The monoisotopic (exact) mass is 350 g/mol. The van der Waals surface area contributed by atoms with E-state index in [-0.39, 0.29) is 5.56 Å². The van der Waals surface area contributed by atoms with Gasteiger partial charge in [0.1, 0.15) is 11.6 Å². The predicted molar refractivity (Wildman–Crippen MR) is 101 cm³/mol. The fraction of sp³-hybridized carbons (Fsp3) is 0.400. The molecule has 4 heterocycles. The summed E-state index contributed by atoms with van der Waals surface area (Å²) in [7, 11) is 0. The molecule has 2 saturated heterocycles. The molecule has 3 aromatic rings. The molecule has 2 fully saturated rings. The Labute approximate surface area is 151 Å². The van der Waals surface area contributed by atoms with Crippen molar-refractivity contribution >= 4 is 10.9 Å². The van der Waals surface area contributed by atoms with Gasteiger partial charge in [0.25, 0.3) is 5.56 Å². The first-order chi connectivity index (χ1) is 12.7. The Bertz CT molecular complexity index is 1020. The van der Waals surface area contributed by atoms with E-state index < -0.39 is 0 Å². The van der Waals surface area contributed by atoms with E-state index in [9.17, 15) is 4.79 Å². The SMILES string of the molecule is CCOc1ccc2[nH]c(=O)c(-c3nccn3[C@H]3C[C@H]4CC[C@@H]3N4)cc2c1. The van der Waals surface area contributed by atoms with Crippen LogP contribution in [0.2, 0.25) is 0 Å². The van der Waals surface area contributed by atoms with Crippen molar-refractivity contribution in [1.82, 2.24) is 19.9 Å². The van der Waals surface area contributed by atoms with Gasteiger partial charge in [-0.1, -0.05) is 0 Å². The average Bonchev–Trinajstić information content (AvgIpc) is 3.38. The molecule has 134 valence electrons. The molecule has 6 heteroatoms. The van der Waals surface area contributed by atoms with Gasteiger partial charge in [0.05, 0.1) is 18.2 Å². The topological polar surface area (TPSA) is 71.9 Å². The van der Waals surface area contributed by atoms with Gasteiger partial charge in [0.15, 0.2) is 0 Å². The highest BCUT2D eigenvalue weighted by molar-refractivity contribution is 5.83. The predicted octanol–water partition coefficient (Wildman–Crippen LogP) is 2.86. The molecular weight excluding hydrogens is 328 g/mol. The van der Waals surface area contributed by atoms with E-state index >= 15 is 0 Å². The largest absolute Gasteiger partial charge is 0.494 e. The minimum absolute atomic E-state index is 0.106. The van der Waals surface area contributed by atoms with E-state index in [4.69, 9.17) is 4.74 Å². The lowest BCUT2D eigenvalue weighted by molar-refractivity contribution is 0.340. The number of rotatable bonds is 4.